The van der Waals surface area contributed by atoms with Crippen LogP contribution in [0.2, 0.25) is 0 Å². The predicted molar refractivity (Wildman–Crippen MR) is 85.5 cm³/mol. The van der Waals surface area contributed by atoms with E-state index in [9.17, 15) is 18.5 Å². The van der Waals surface area contributed by atoms with E-state index in [1.165, 1.54) is 16.4 Å². The van der Waals surface area contributed by atoms with Gasteiger partial charge in [0.2, 0.25) is 10.0 Å². The Morgan fingerprint density at radius 1 is 1.17 bits per heavy atom. The average molecular weight is 332 g/mol. The maximum absolute atomic E-state index is 12.8. The average Bonchev–Trinajstić information content (AvgIpc) is 2.46. The van der Waals surface area contributed by atoms with Crippen molar-refractivity contribution in [1.82, 2.24) is 4.31 Å². The molecule has 120 valence electrons. The first kappa shape index (κ1) is 15.6. The molecule has 1 saturated heterocycles. The third kappa shape index (κ3) is 2.73. The number of nitrogens with zero attached hydrogens (tertiary/aromatic N) is 2. The van der Waals surface area contributed by atoms with Crippen LogP contribution in [0.3, 0.4) is 0 Å². The Kier molecular flexibility index (Phi) is 3.91. The third-order valence-electron chi connectivity index (χ3n) is 4.14. The monoisotopic (exact) mass is 332 g/mol. The number of nitro benzene ring substituents is 1. The van der Waals surface area contributed by atoms with Crippen LogP contribution in [0.5, 0.6) is 0 Å². The molecule has 2 aromatic carbocycles. The molecule has 0 bridgehead atoms. The molecule has 0 saturated carbocycles. The van der Waals surface area contributed by atoms with E-state index in [-0.39, 0.29) is 16.6 Å². The number of sulfonamides is 1. The highest BCUT2D eigenvalue weighted by Gasteiger charge is 2.39. The number of aryl methyl sites for hydroxylation is 1. The lowest BCUT2D eigenvalue weighted by Gasteiger charge is -2.39. The summed E-state index contributed by atoms with van der Waals surface area (Å²) < 4.78 is 27.0. The highest BCUT2D eigenvalue weighted by molar-refractivity contribution is 7.89. The molecule has 1 fully saturated rings. The van der Waals surface area contributed by atoms with E-state index in [2.05, 4.69) is 0 Å². The fourth-order valence-corrected chi connectivity index (χ4v) is 4.42. The second-order valence-electron chi connectivity index (χ2n) is 5.54. The van der Waals surface area contributed by atoms with Crippen LogP contribution in [-0.2, 0) is 10.0 Å². The molecule has 0 spiro atoms. The van der Waals surface area contributed by atoms with Crippen molar-refractivity contribution in [1.29, 1.82) is 0 Å². The van der Waals surface area contributed by atoms with Crippen LogP contribution in [0.1, 0.15) is 23.6 Å². The van der Waals surface area contributed by atoms with E-state index in [1.54, 1.807) is 6.92 Å². The van der Waals surface area contributed by atoms with Gasteiger partial charge in [-0.1, -0.05) is 36.4 Å². The molecule has 1 heterocycles. The molecule has 0 aliphatic carbocycles. The van der Waals surface area contributed by atoms with E-state index in [0.29, 0.717) is 12.1 Å². The standard InChI is InChI=1S/C16H16N2O4S/c1-12-7-8-14(11-16(12)18(19)20)23(21,22)17-10-9-15(17)13-5-3-2-4-6-13/h2-8,11,15H,9-10H2,1H3. The van der Waals surface area contributed by atoms with Crippen molar-refractivity contribution < 1.29 is 13.3 Å². The van der Waals surface area contributed by atoms with Crippen LogP contribution in [0.25, 0.3) is 0 Å². The SMILES string of the molecule is Cc1ccc(S(=O)(=O)N2CCC2c2ccccc2)cc1[N+](=O)[O-]. The van der Waals surface area contributed by atoms with Gasteiger partial charge in [0.1, 0.15) is 0 Å². The first-order chi connectivity index (χ1) is 10.9. The second-order valence-corrected chi connectivity index (χ2v) is 7.43. The van der Waals surface area contributed by atoms with Crippen molar-refractivity contribution in [2.75, 3.05) is 6.54 Å². The van der Waals surface area contributed by atoms with Crippen LogP contribution in [0, 0.1) is 17.0 Å². The van der Waals surface area contributed by atoms with Gasteiger partial charge in [-0.2, -0.15) is 4.31 Å². The molecule has 1 aliphatic rings. The molecule has 3 rings (SSSR count). The summed E-state index contributed by atoms with van der Waals surface area (Å²) in [6, 6.07) is 13.2. The number of benzene rings is 2. The molecule has 1 unspecified atom stereocenters. The van der Waals surface area contributed by atoms with Crippen LogP contribution in [0.4, 0.5) is 5.69 Å². The van der Waals surface area contributed by atoms with Gasteiger partial charge in [-0.05, 0) is 25.0 Å². The fraction of sp³-hybridized carbons (Fsp3) is 0.250. The highest BCUT2D eigenvalue weighted by atomic mass is 32.2. The van der Waals surface area contributed by atoms with Gasteiger partial charge in [-0.3, -0.25) is 10.1 Å². The smallest absolute Gasteiger partial charge is 0.258 e. The number of nitro groups is 1. The summed E-state index contributed by atoms with van der Waals surface area (Å²) in [5, 5.41) is 11.0. The summed E-state index contributed by atoms with van der Waals surface area (Å²) in [5.41, 5.74) is 1.20. The Morgan fingerprint density at radius 3 is 2.43 bits per heavy atom. The van der Waals surface area contributed by atoms with Gasteiger partial charge in [0.05, 0.1) is 15.9 Å². The molecule has 6 nitrogen and oxygen atoms in total. The molecule has 0 amide bonds. The van der Waals surface area contributed by atoms with E-state index in [0.717, 1.165) is 18.1 Å². The highest BCUT2D eigenvalue weighted by Crippen LogP contribution is 2.38. The Balaban J connectivity index is 1.96. The van der Waals surface area contributed by atoms with Gasteiger partial charge in [0.25, 0.3) is 5.69 Å². The summed E-state index contributed by atoms with van der Waals surface area (Å²) >= 11 is 0. The maximum Gasteiger partial charge on any atom is 0.273 e. The first-order valence-electron chi connectivity index (χ1n) is 7.23. The van der Waals surface area contributed by atoms with Crippen LogP contribution in [-0.4, -0.2) is 24.2 Å². The molecule has 7 heteroatoms. The minimum absolute atomic E-state index is 0.0320. The molecule has 1 atom stereocenters. The zero-order chi connectivity index (χ0) is 16.6. The topological polar surface area (TPSA) is 80.5 Å². The lowest BCUT2D eigenvalue weighted by atomic mass is 9.98. The third-order valence-corrected chi connectivity index (χ3v) is 6.04. The van der Waals surface area contributed by atoms with Crippen molar-refractivity contribution in [3.8, 4) is 0 Å². The van der Waals surface area contributed by atoms with Gasteiger partial charge in [0, 0.05) is 18.2 Å². The minimum Gasteiger partial charge on any atom is -0.258 e. The fourth-order valence-electron chi connectivity index (χ4n) is 2.74. The predicted octanol–water partition coefficient (Wildman–Crippen LogP) is 3.04. The van der Waals surface area contributed by atoms with E-state index in [1.807, 2.05) is 30.3 Å². The number of hydrogen-bond donors (Lipinski definition) is 0. The van der Waals surface area contributed by atoms with E-state index < -0.39 is 14.9 Å². The van der Waals surface area contributed by atoms with Crippen molar-refractivity contribution >= 4 is 15.7 Å². The molecular formula is C16H16N2O4S. The molecular weight excluding hydrogens is 316 g/mol. The lowest BCUT2D eigenvalue weighted by Crippen LogP contribution is -2.44. The Labute approximate surface area is 134 Å². The number of hydrogen-bond acceptors (Lipinski definition) is 4. The van der Waals surface area contributed by atoms with Crippen LogP contribution >= 0.6 is 0 Å². The summed E-state index contributed by atoms with van der Waals surface area (Å²) in [7, 11) is -3.74. The first-order valence-corrected chi connectivity index (χ1v) is 8.67. The largest absolute Gasteiger partial charge is 0.273 e. The Morgan fingerprint density at radius 2 is 1.87 bits per heavy atom. The maximum atomic E-state index is 12.8. The summed E-state index contributed by atoms with van der Waals surface area (Å²) in [5.74, 6) is 0. The van der Waals surface area contributed by atoms with Crippen LogP contribution < -0.4 is 0 Å². The summed E-state index contributed by atoms with van der Waals surface area (Å²) in [6.45, 7) is 2.01. The van der Waals surface area contributed by atoms with Crippen LogP contribution in [0.15, 0.2) is 53.4 Å². The minimum atomic E-state index is -3.74. The Hall–Kier alpha value is -2.25. The normalized spacial score (nSPS) is 18.4. The molecule has 0 aromatic heterocycles. The Bertz CT molecular complexity index is 850. The molecule has 0 N–H and O–H groups in total. The van der Waals surface area contributed by atoms with E-state index >= 15 is 0 Å². The number of rotatable bonds is 4. The summed E-state index contributed by atoms with van der Waals surface area (Å²) in [6.07, 6.45) is 0.747. The van der Waals surface area contributed by atoms with Crippen molar-refractivity contribution in [2.24, 2.45) is 0 Å². The molecule has 2 aromatic rings. The zero-order valence-electron chi connectivity index (χ0n) is 12.5. The van der Waals surface area contributed by atoms with E-state index in [4.69, 9.17) is 0 Å². The van der Waals surface area contributed by atoms with Gasteiger partial charge in [0.15, 0.2) is 0 Å². The van der Waals surface area contributed by atoms with Crippen molar-refractivity contribution in [3.63, 3.8) is 0 Å². The van der Waals surface area contributed by atoms with Gasteiger partial charge in [-0.25, -0.2) is 8.42 Å². The molecule has 23 heavy (non-hydrogen) atoms. The second kappa shape index (κ2) is 5.75. The lowest BCUT2D eigenvalue weighted by molar-refractivity contribution is -0.385. The zero-order valence-corrected chi connectivity index (χ0v) is 13.4. The van der Waals surface area contributed by atoms with Gasteiger partial charge >= 0.3 is 0 Å². The molecule has 0 radical (unpaired) electrons. The van der Waals surface area contributed by atoms with Crippen molar-refractivity contribution in [2.45, 2.75) is 24.3 Å². The molecule has 1 aliphatic heterocycles. The quantitative estimate of drug-likeness (QED) is 0.636. The van der Waals surface area contributed by atoms with Gasteiger partial charge in [-0.15, -0.1) is 0 Å². The van der Waals surface area contributed by atoms with Gasteiger partial charge < -0.3 is 0 Å². The van der Waals surface area contributed by atoms with Crippen molar-refractivity contribution in [3.05, 3.63) is 69.8 Å². The summed E-state index contributed by atoms with van der Waals surface area (Å²) in [4.78, 5) is 10.4.